The fourth-order valence-corrected chi connectivity index (χ4v) is 3.22. The highest BCUT2D eigenvalue weighted by Gasteiger charge is 2.28. The summed E-state index contributed by atoms with van der Waals surface area (Å²) in [5, 5.41) is 8.28. The zero-order chi connectivity index (χ0) is 15.5. The largest absolute Gasteiger partial charge is 0.395 e. The molecule has 0 spiro atoms. The second kappa shape index (κ2) is 6.39. The van der Waals surface area contributed by atoms with Gasteiger partial charge in [0.1, 0.15) is 5.25 Å². The van der Waals surface area contributed by atoms with Gasteiger partial charge >= 0.3 is 0 Å². The summed E-state index contributed by atoms with van der Waals surface area (Å²) in [7, 11) is -3.40. The molecule has 3 N–H and O–H groups in total. The highest BCUT2D eigenvalue weighted by Crippen LogP contribution is 2.24. The average Bonchev–Trinajstić information content (AvgIpc) is 2.47. The number of aliphatic hydroxyl groups excluding tert-OH is 1. The van der Waals surface area contributed by atoms with Crippen LogP contribution in [-0.4, -0.2) is 31.6 Å². The molecule has 0 aliphatic rings. The Morgan fingerprint density at radius 1 is 1.00 bits per heavy atom. The molecule has 0 aromatic heterocycles. The molecule has 0 amide bonds. The Morgan fingerprint density at radius 3 is 2.00 bits per heavy atom. The van der Waals surface area contributed by atoms with E-state index in [1.165, 1.54) is 0 Å². The van der Waals surface area contributed by atoms with Crippen LogP contribution in [0.15, 0.2) is 54.6 Å². The number of hydrogen-bond donors (Lipinski definition) is 2. The molecule has 0 saturated carbocycles. The normalized spacial score (nSPS) is 14.6. The molecule has 0 radical (unpaired) electrons. The first kappa shape index (κ1) is 15.7. The lowest BCUT2D eigenvalue weighted by Crippen LogP contribution is -2.36. The van der Waals surface area contributed by atoms with Crippen LogP contribution in [0.1, 0.15) is 11.6 Å². The molecule has 0 aliphatic carbocycles. The summed E-state index contributed by atoms with van der Waals surface area (Å²) >= 11 is 0. The van der Waals surface area contributed by atoms with E-state index in [0.717, 1.165) is 17.4 Å². The van der Waals surface area contributed by atoms with Crippen LogP contribution in [0.25, 0.3) is 11.1 Å². The van der Waals surface area contributed by atoms with E-state index in [2.05, 4.69) is 0 Å². The molecule has 0 aliphatic heterocycles. The van der Waals surface area contributed by atoms with Crippen molar-refractivity contribution >= 4 is 9.84 Å². The lowest BCUT2D eigenvalue weighted by atomic mass is 10.00. The third-order valence-corrected chi connectivity index (χ3v) is 5.08. The molecule has 0 heterocycles. The zero-order valence-corrected chi connectivity index (χ0v) is 12.6. The van der Waals surface area contributed by atoms with Gasteiger partial charge < -0.3 is 10.8 Å². The molecule has 2 atom stereocenters. The van der Waals surface area contributed by atoms with Crippen LogP contribution in [0.4, 0.5) is 0 Å². The molecule has 4 nitrogen and oxygen atoms in total. The van der Waals surface area contributed by atoms with E-state index in [1.807, 2.05) is 42.5 Å². The van der Waals surface area contributed by atoms with Crippen molar-refractivity contribution in [1.29, 1.82) is 0 Å². The smallest absolute Gasteiger partial charge is 0.154 e. The Balaban J connectivity index is 2.27. The van der Waals surface area contributed by atoms with Crippen LogP contribution in [0, 0.1) is 0 Å². The van der Waals surface area contributed by atoms with Gasteiger partial charge in [-0.25, -0.2) is 8.42 Å². The van der Waals surface area contributed by atoms with E-state index in [0.29, 0.717) is 5.56 Å². The Bertz CT molecular complexity index is 681. The third-order valence-electron chi connectivity index (χ3n) is 3.53. The monoisotopic (exact) mass is 305 g/mol. The number of hydrogen-bond acceptors (Lipinski definition) is 4. The van der Waals surface area contributed by atoms with Crippen LogP contribution in [0.3, 0.4) is 0 Å². The van der Waals surface area contributed by atoms with Crippen LogP contribution in [-0.2, 0) is 9.84 Å². The van der Waals surface area contributed by atoms with Gasteiger partial charge in [0.05, 0.1) is 6.61 Å². The minimum Gasteiger partial charge on any atom is -0.395 e. The predicted molar refractivity (Wildman–Crippen MR) is 84.5 cm³/mol. The van der Waals surface area contributed by atoms with Gasteiger partial charge in [-0.3, -0.25) is 0 Å². The van der Waals surface area contributed by atoms with E-state index in [-0.39, 0.29) is 0 Å². The van der Waals surface area contributed by atoms with Gasteiger partial charge in [0, 0.05) is 12.3 Å². The first-order valence-corrected chi connectivity index (χ1v) is 8.59. The lowest BCUT2D eigenvalue weighted by molar-refractivity contribution is 0.278. The first-order chi connectivity index (χ1) is 9.93. The number of sulfone groups is 1. The Labute approximate surface area is 125 Å². The molecule has 0 unspecified atom stereocenters. The lowest BCUT2D eigenvalue weighted by Gasteiger charge is -2.20. The molecule has 21 heavy (non-hydrogen) atoms. The van der Waals surface area contributed by atoms with Gasteiger partial charge in [0.15, 0.2) is 9.84 Å². The fraction of sp³-hybridized carbons (Fsp3) is 0.250. The molecule has 0 bridgehead atoms. The van der Waals surface area contributed by atoms with Crippen LogP contribution in [0.5, 0.6) is 0 Å². The minimum atomic E-state index is -3.40. The fourth-order valence-electron chi connectivity index (χ4n) is 2.26. The van der Waals surface area contributed by atoms with Crippen molar-refractivity contribution in [3.05, 3.63) is 60.2 Å². The SMILES string of the molecule is CS(=O)(=O)[C@H](CO)[C@H](N)c1ccc(-c2ccccc2)cc1. The van der Waals surface area contributed by atoms with Gasteiger partial charge in [-0.1, -0.05) is 54.6 Å². The van der Waals surface area contributed by atoms with E-state index in [9.17, 15) is 13.5 Å². The summed E-state index contributed by atoms with van der Waals surface area (Å²) < 4.78 is 23.3. The zero-order valence-electron chi connectivity index (χ0n) is 11.8. The molecule has 112 valence electrons. The maximum absolute atomic E-state index is 11.6. The standard InChI is InChI=1S/C16H19NO3S/c1-21(19,20)15(11-18)16(17)14-9-7-13(8-10-14)12-5-3-2-4-6-12/h2-10,15-16,18H,11,17H2,1H3/t15-,16-/m1/s1. The van der Waals surface area contributed by atoms with Crippen LogP contribution < -0.4 is 5.73 Å². The number of rotatable bonds is 5. The number of aliphatic hydroxyl groups is 1. The van der Waals surface area contributed by atoms with E-state index < -0.39 is 27.7 Å². The molecule has 0 saturated heterocycles. The summed E-state index contributed by atoms with van der Waals surface area (Å²) in [6.45, 7) is -0.486. The van der Waals surface area contributed by atoms with Crippen LogP contribution in [0.2, 0.25) is 0 Å². The van der Waals surface area contributed by atoms with Crippen molar-refractivity contribution in [2.75, 3.05) is 12.9 Å². The van der Waals surface area contributed by atoms with Gasteiger partial charge in [0.25, 0.3) is 0 Å². The molecule has 2 rings (SSSR count). The maximum atomic E-state index is 11.6. The van der Waals surface area contributed by atoms with Gasteiger partial charge in [-0.15, -0.1) is 0 Å². The topological polar surface area (TPSA) is 80.4 Å². The van der Waals surface area contributed by atoms with Gasteiger partial charge in [-0.2, -0.15) is 0 Å². The van der Waals surface area contributed by atoms with Gasteiger partial charge in [0.2, 0.25) is 0 Å². The molecular weight excluding hydrogens is 286 g/mol. The maximum Gasteiger partial charge on any atom is 0.154 e. The third kappa shape index (κ3) is 3.69. The molecular formula is C16H19NO3S. The van der Waals surface area contributed by atoms with Crippen molar-refractivity contribution in [2.24, 2.45) is 5.73 Å². The summed E-state index contributed by atoms with van der Waals surface area (Å²) in [5.41, 5.74) is 8.80. The predicted octanol–water partition coefficient (Wildman–Crippen LogP) is 1.76. The Hall–Kier alpha value is -1.69. The highest BCUT2D eigenvalue weighted by molar-refractivity contribution is 7.91. The minimum absolute atomic E-state index is 0.486. The quantitative estimate of drug-likeness (QED) is 0.882. The number of benzene rings is 2. The van der Waals surface area contributed by atoms with Crippen molar-refractivity contribution in [3.63, 3.8) is 0 Å². The summed E-state index contributed by atoms with van der Waals surface area (Å²) in [4.78, 5) is 0. The molecule has 5 heteroatoms. The van der Waals surface area contributed by atoms with Crippen molar-refractivity contribution in [1.82, 2.24) is 0 Å². The Morgan fingerprint density at radius 2 is 1.52 bits per heavy atom. The summed E-state index contributed by atoms with van der Waals surface area (Å²) in [5.74, 6) is 0. The first-order valence-electron chi connectivity index (χ1n) is 6.64. The average molecular weight is 305 g/mol. The van der Waals surface area contributed by atoms with Crippen molar-refractivity contribution < 1.29 is 13.5 Å². The van der Waals surface area contributed by atoms with Crippen LogP contribution >= 0.6 is 0 Å². The van der Waals surface area contributed by atoms with Crippen molar-refractivity contribution in [3.8, 4) is 11.1 Å². The van der Waals surface area contributed by atoms with E-state index in [4.69, 9.17) is 5.73 Å². The highest BCUT2D eigenvalue weighted by atomic mass is 32.2. The van der Waals surface area contributed by atoms with Crippen molar-refractivity contribution in [2.45, 2.75) is 11.3 Å². The second-order valence-electron chi connectivity index (χ2n) is 5.06. The summed E-state index contributed by atoms with van der Waals surface area (Å²) in [6, 6.07) is 16.6. The Kier molecular flexibility index (Phi) is 4.77. The van der Waals surface area contributed by atoms with E-state index >= 15 is 0 Å². The second-order valence-corrected chi connectivity index (χ2v) is 7.33. The van der Waals surface area contributed by atoms with E-state index in [1.54, 1.807) is 12.1 Å². The molecule has 0 fully saturated rings. The molecule has 2 aromatic carbocycles. The number of nitrogens with two attached hydrogens (primary N) is 1. The van der Waals surface area contributed by atoms with Gasteiger partial charge in [-0.05, 0) is 16.7 Å². The molecule has 2 aromatic rings. The summed E-state index contributed by atoms with van der Waals surface area (Å²) in [6.07, 6.45) is 1.09.